The van der Waals surface area contributed by atoms with Crippen LogP contribution in [-0.2, 0) is 0 Å². The molecule has 9 aromatic carbocycles. The lowest BCUT2D eigenvalue weighted by Gasteiger charge is -2.28. The molecule has 0 unspecified atom stereocenters. The maximum atomic E-state index is 6.66. The van der Waals surface area contributed by atoms with Crippen molar-refractivity contribution in [3.8, 4) is 44.8 Å². The number of benzene rings is 9. The van der Waals surface area contributed by atoms with Gasteiger partial charge in [-0.3, -0.25) is 0 Å². The molecule has 0 aliphatic rings. The highest BCUT2D eigenvalue weighted by atomic mass is 16.4. The molecule has 0 fully saturated rings. The zero-order valence-electron chi connectivity index (χ0n) is 30.8. The number of anilines is 3. The molecule has 0 amide bonds. The Kier molecular flexibility index (Phi) is 7.78. The molecular formula is C53H34N2O2. The summed E-state index contributed by atoms with van der Waals surface area (Å²) in [6.07, 6.45) is 0. The molecule has 0 spiro atoms. The van der Waals surface area contributed by atoms with E-state index in [4.69, 9.17) is 13.8 Å². The van der Waals surface area contributed by atoms with E-state index in [0.29, 0.717) is 5.89 Å². The third-order valence-corrected chi connectivity index (χ3v) is 10.9. The minimum Gasteiger partial charge on any atom is -0.456 e. The summed E-state index contributed by atoms with van der Waals surface area (Å²) in [6.45, 7) is 0. The molecule has 0 bridgehead atoms. The smallest absolute Gasteiger partial charge is 0.228 e. The second-order valence-corrected chi connectivity index (χ2v) is 14.3. The summed E-state index contributed by atoms with van der Waals surface area (Å²) in [7, 11) is 0. The Hall–Kier alpha value is -7.69. The molecule has 0 radical (unpaired) electrons. The molecule has 2 aromatic heterocycles. The highest BCUT2D eigenvalue weighted by Gasteiger charge is 2.20. The second kappa shape index (κ2) is 13.6. The van der Waals surface area contributed by atoms with Gasteiger partial charge in [-0.25, -0.2) is 4.98 Å². The van der Waals surface area contributed by atoms with Gasteiger partial charge in [-0.1, -0.05) is 146 Å². The van der Waals surface area contributed by atoms with Crippen molar-refractivity contribution in [1.29, 1.82) is 0 Å². The molecule has 0 N–H and O–H groups in total. The number of fused-ring (bicyclic) bond motifs is 5. The van der Waals surface area contributed by atoms with Crippen LogP contribution in [0.4, 0.5) is 17.1 Å². The van der Waals surface area contributed by atoms with Crippen molar-refractivity contribution in [2.45, 2.75) is 0 Å². The predicted octanol–water partition coefficient (Wildman–Crippen LogP) is 15.0. The summed E-state index contributed by atoms with van der Waals surface area (Å²) >= 11 is 0. The van der Waals surface area contributed by atoms with Gasteiger partial charge in [0.05, 0.1) is 5.69 Å². The average Bonchev–Trinajstić information content (AvgIpc) is 3.90. The minimum absolute atomic E-state index is 0.571. The third kappa shape index (κ3) is 5.74. The van der Waals surface area contributed by atoms with Crippen LogP contribution in [0.2, 0.25) is 0 Å². The fraction of sp³-hybridized carbons (Fsp3) is 0. The van der Waals surface area contributed by atoms with Crippen molar-refractivity contribution in [2.24, 2.45) is 0 Å². The second-order valence-electron chi connectivity index (χ2n) is 14.3. The van der Waals surface area contributed by atoms with Crippen molar-refractivity contribution < 1.29 is 8.83 Å². The molecule has 0 saturated carbocycles. The van der Waals surface area contributed by atoms with Gasteiger partial charge in [-0.2, -0.15) is 0 Å². The van der Waals surface area contributed by atoms with Gasteiger partial charge in [0.15, 0.2) is 5.58 Å². The number of hydrogen-bond acceptors (Lipinski definition) is 4. The fourth-order valence-corrected chi connectivity index (χ4v) is 8.16. The van der Waals surface area contributed by atoms with E-state index in [2.05, 4.69) is 169 Å². The zero-order valence-corrected chi connectivity index (χ0v) is 30.8. The largest absolute Gasteiger partial charge is 0.456 e. The third-order valence-electron chi connectivity index (χ3n) is 10.9. The van der Waals surface area contributed by atoms with Crippen LogP contribution < -0.4 is 4.90 Å². The molecule has 0 atom stereocenters. The van der Waals surface area contributed by atoms with Crippen molar-refractivity contribution in [3.63, 3.8) is 0 Å². The maximum absolute atomic E-state index is 6.66. The van der Waals surface area contributed by atoms with E-state index in [1.54, 1.807) is 0 Å². The van der Waals surface area contributed by atoms with Gasteiger partial charge in [0.25, 0.3) is 0 Å². The number of furan rings is 1. The summed E-state index contributed by atoms with van der Waals surface area (Å²) < 4.78 is 12.8. The Labute approximate surface area is 329 Å². The van der Waals surface area contributed by atoms with Gasteiger partial charge < -0.3 is 13.7 Å². The van der Waals surface area contributed by atoms with E-state index < -0.39 is 0 Å². The van der Waals surface area contributed by atoms with E-state index in [0.717, 1.165) is 77.9 Å². The average molecular weight is 731 g/mol. The number of oxazole rings is 1. The zero-order chi connectivity index (χ0) is 37.7. The lowest BCUT2D eigenvalue weighted by molar-refractivity contribution is 0.621. The first-order valence-corrected chi connectivity index (χ1v) is 19.2. The number of nitrogens with zero attached hydrogens (tertiary/aromatic N) is 2. The molecule has 0 saturated heterocycles. The van der Waals surface area contributed by atoms with Crippen LogP contribution in [0.15, 0.2) is 215 Å². The molecule has 57 heavy (non-hydrogen) atoms. The molecule has 0 aliphatic heterocycles. The van der Waals surface area contributed by atoms with Crippen molar-refractivity contribution in [1.82, 2.24) is 4.98 Å². The van der Waals surface area contributed by atoms with Gasteiger partial charge in [0.2, 0.25) is 5.89 Å². The van der Waals surface area contributed by atoms with E-state index in [1.807, 2.05) is 42.5 Å². The van der Waals surface area contributed by atoms with Crippen molar-refractivity contribution >= 4 is 60.9 Å². The SMILES string of the molecule is c1ccc(-c2ccccc2N(c2ccc(-c3ccc4ccccc4c3)cc2)c2ccc(-c3cccc4nc(-c5cccc6oc7ccccc7c56)oc34)cc2)cc1. The summed E-state index contributed by atoms with van der Waals surface area (Å²) in [5.74, 6) is 0.571. The monoisotopic (exact) mass is 730 g/mol. The standard InChI is InChI=1S/C53H34N2O2/c1-2-13-37(14-3-1)43-16-6-8-21-48(43)55(41-30-26-36(27-31-41)40-25-24-35-12-4-5-15-39(35)34-40)42-32-28-38(29-33-42)44-18-10-20-47-52(44)57-53(54-47)46-19-11-23-50-51(46)45-17-7-9-22-49(45)56-50/h1-34H. The summed E-state index contributed by atoms with van der Waals surface area (Å²) in [4.78, 5) is 7.34. The Morgan fingerprint density at radius 2 is 1.00 bits per heavy atom. The van der Waals surface area contributed by atoms with Crippen LogP contribution in [0.25, 0.3) is 88.6 Å². The normalized spacial score (nSPS) is 11.5. The van der Waals surface area contributed by atoms with Gasteiger partial charge in [0, 0.05) is 38.8 Å². The lowest BCUT2D eigenvalue weighted by atomic mass is 9.99. The lowest BCUT2D eigenvalue weighted by Crippen LogP contribution is -2.11. The molecule has 11 aromatic rings. The maximum Gasteiger partial charge on any atom is 0.228 e. The highest BCUT2D eigenvalue weighted by molar-refractivity contribution is 6.12. The van der Waals surface area contributed by atoms with Crippen LogP contribution in [0.5, 0.6) is 0 Å². The number of rotatable bonds is 7. The Morgan fingerprint density at radius 3 is 1.84 bits per heavy atom. The quantitative estimate of drug-likeness (QED) is 0.164. The number of hydrogen-bond donors (Lipinski definition) is 0. The van der Waals surface area contributed by atoms with E-state index >= 15 is 0 Å². The number of para-hydroxylation sites is 3. The predicted molar refractivity (Wildman–Crippen MR) is 235 cm³/mol. The van der Waals surface area contributed by atoms with E-state index in [9.17, 15) is 0 Å². The summed E-state index contributed by atoms with van der Waals surface area (Å²) in [6, 6.07) is 72.3. The Morgan fingerprint density at radius 1 is 0.386 bits per heavy atom. The molecule has 2 heterocycles. The van der Waals surface area contributed by atoms with E-state index in [-0.39, 0.29) is 0 Å². The minimum atomic E-state index is 0.571. The van der Waals surface area contributed by atoms with Crippen LogP contribution in [0.3, 0.4) is 0 Å². The molecule has 0 aliphatic carbocycles. The topological polar surface area (TPSA) is 42.4 Å². The first kappa shape index (κ1) is 32.7. The Bertz CT molecular complexity index is 3230. The van der Waals surface area contributed by atoms with Crippen molar-refractivity contribution in [2.75, 3.05) is 4.90 Å². The van der Waals surface area contributed by atoms with Crippen LogP contribution in [-0.4, -0.2) is 4.98 Å². The van der Waals surface area contributed by atoms with E-state index in [1.165, 1.54) is 21.9 Å². The van der Waals surface area contributed by atoms with Gasteiger partial charge in [-0.15, -0.1) is 0 Å². The number of aromatic nitrogens is 1. The van der Waals surface area contributed by atoms with Crippen LogP contribution in [0.1, 0.15) is 0 Å². The van der Waals surface area contributed by atoms with Crippen LogP contribution in [0, 0.1) is 0 Å². The summed E-state index contributed by atoms with van der Waals surface area (Å²) in [5.41, 5.74) is 14.0. The Balaban J connectivity index is 0.999. The first-order chi connectivity index (χ1) is 28.2. The highest BCUT2D eigenvalue weighted by Crippen LogP contribution is 2.43. The fourth-order valence-electron chi connectivity index (χ4n) is 8.16. The molecule has 268 valence electrons. The van der Waals surface area contributed by atoms with Crippen LogP contribution >= 0.6 is 0 Å². The van der Waals surface area contributed by atoms with Gasteiger partial charge >= 0.3 is 0 Å². The molecule has 4 nitrogen and oxygen atoms in total. The molecule has 11 rings (SSSR count). The van der Waals surface area contributed by atoms with Crippen molar-refractivity contribution in [3.05, 3.63) is 206 Å². The molecular weight excluding hydrogens is 697 g/mol. The summed E-state index contributed by atoms with van der Waals surface area (Å²) in [5, 5.41) is 4.53. The first-order valence-electron chi connectivity index (χ1n) is 19.2. The molecule has 4 heteroatoms. The van der Waals surface area contributed by atoms with Gasteiger partial charge in [-0.05, 0) is 93.7 Å². The van der Waals surface area contributed by atoms with Gasteiger partial charge in [0.1, 0.15) is 16.7 Å².